The van der Waals surface area contributed by atoms with Crippen molar-refractivity contribution in [3.63, 3.8) is 0 Å². The highest BCUT2D eigenvalue weighted by molar-refractivity contribution is 5.92. The third kappa shape index (κ3) is 3.34. The molecule has 8 nitrogen and oxygen atoms in total. The van der Waals surface area contributed by atoms with Gasteiger partial charge in [0.2, 0.25) is 0 Å². The van der Waals surface area contributed by atoms with E-state index in [1.807, 2.05) is 0 Å². The molecule has 2 heterocycles. The quantitative estimate of drug-likeness (QED) is 0.831. The van der Waals surface area contributed by atoms with E-state index in [1.54, 1.807) is 6.08 Å². The van der Waals surface area contributed by atoms with Crippen molar-refractivity contribution in [3.05, 3.63) is 29.9 Å². The topological polar surface area (TPSA) is 95.9 Å². The Balaban J connectivity index is 2.10. The molecule has 1 aromatic heterocycles. The highest BCUT2D eigenvalue weighted by Gasteiger charge is 2.19. The summed E-state index contributed by atoms with van der Waals surface area (Å²) >= 11 is 0. The Morgan fingerprint density at radius 2 is 2.05 bits per heavy atom. The molecule has 0 atom stereocenters. The summed E-state index contributed by atoms with van der Waals surface area (Å²) in [6.45, 7) is 0.735. The van der Waals surface area contributed by atoms with E-state index in [0.29, 0.717) is 30.9 Å². The van der Waals surface area contributed by atoms with Crippen LogP contribution in [0, 0.1) is 0 Å². The summed E-state index contributed by atoms with van der Waals surface area (Å²) in [5.41, 5.74) is 1.21. The summed E-state index contributed by atoms with van der Waals surface area (Å²) in [7, 11) is 2.90. The fourth-order valence-corrected chi connectivity index (χ4v) is 1.91. The second-order valence-corrected chi connectivity index (χ2v) is 4.49. The molecule has 1 aliphatic rings. The standard InChI is InChI=1S/C13H16N4O4/c1-16(21-2)12(18)10-7-14-11(15-8-10)9-3-5-17(6-4-9)13(19)20/h3,7-8H,4-6H2,1-2H3,(H,19,20). The maximum atomic E-state index is 11.8. The lowest BCUT2D eigenvalue weighted by molar-refractivity contribution is -0.0757. The van der Waals surface area contributed by atoms with E-state index in [-0.39, 0.29) is 5.91 Å². The van der Waals surface area contributed by atoms with Crippen LogP contribution < -0.4 is 0 Å². The minimum absolute atomic E-state index is 0.321. The fraction of sp³-hybridized carbons (Fsp3) is 0.385. The first-order chi connectivity index (χ1) is 10.0. The van der Waals surface area contributed by atoms with Crippen LogP contribution in [0.4, 0.5) is 4.79 Å². The predicted molar refractivity (Wildman–Crippen MR) is 73.3 cm³/mol. The minimum atomic E-state index is -0.935. The van der Waals surface area contributed by atoms with E-state index in [1.165, 1.54) is 31.5 Å². The van der Waals surface area contributed by atoms with Gasteiger partial charge in [0.25, 0.3) is 5.91 Å². The average molecular weight is 292 g/mol. The fourth-order valence-electron chi connectivity index (χ4n) is 1.91. The zero-order valence-electron chi connectivity index (χ0n) is 11.8. The second-order valence-electron chi connectivity index (χ2n) is 4.49. The number of hydroxylamine groups is 2. The lowest BCUT2D eigenvalue weighted by atomic mass is 10.1. The van der Waals surface area contributed by atoms with E-state index in [9.17, 15) is 9.59 Å². The molecule has 0 spiro atoms. The van der Waals surface area contributed by atoms with Gasteiger partial charge in [-0.1, -0.05) is 6.08 Å². The van der Waals surface area contributed by atoms with Crippen LogP contribution in [0.15, 0.2) is 18.5 Å². The van der Waals surface area contributed by atoms with Crippen molar-refractivity contribution in [2.24, 2.45) is 0 Å². The van der Waals surface area contributed by atoms with Gasteiger partial charge in [-0.15, -0.1) is 0 Å². The maximum absolute atomic E-state index is 11.8. The first-order valence-electron chi connectivity index (χ1n) is 6.34. The lowest BCUT2D eigenvalue weighted by Crippen LogP contribution is -2.33. The monoisotopic (exact) mass is 292 g/mol. The van der Waals surface area contributed by atoms with Gasteiger partial charge in [-0.05, 0) is 12.0 Å². The van der Waals surface area contributed by atoms with Crippen molar-refractivity contribution >= 4 is 17.6 Å². The predicted octanol–water partition coefficient (Wildman–Crippen LogP) is 0.877. The smallest absolute Gasteiger partial charge is 0.407 e. The third-order valence-electron chi connectivity index (χ3n) is 3.23. The molecule has 0 saturated carbocycles. The molecule has 112 valence electrons. The molecule has 1 aromatic rings. The number of carbonyl (C=O) groups is 2. The van der Waals surface area contributed by atoms with Crippen molar-refractivity contribution in [1.82, 2.24) is 19.9 Å². The summed E-state index contributed by atoms with van der Waals surface area (Å²) in [5.74, 6) is 0.176. The van der Waals surface area contributed by atoms with Crippen LogP contribution in [0.25, 0.3) is 5.57 Å². The van der Waals surface area contributed by atoms with E-state index in [2.05, 4.69) is 9.97 Å². The first kappa shape index (κ1) is 14.9. The maximum Gasteiger partial charge on any atom is 0.407 e. The van der Waals surface area contributed by atoms with Crippen LogP contribution in [-0.2, 0) is 4.84 Å². The summed E-state index contributed by atoms with van der Waals surface area (Å²) in [6, 6.07) is 0. The molecule has 0 saturated heterocycles. The molecule has 0 fully saturated rings. The summed E-state index contributed by atoms with van der Waals surface area (Å²) in [6.07, 6.45) is 4.28. The molecule has 2 amide bonds. The van der Waals surface area contributed by atoms with E-state index >= 15 is 0 Å². The molecule has 1 aliphatic heterocycles. The van der Waals surface area contributed by atoms with Crippen LogP contribution in [-0.4, -0.2) is 64.3 Å². The number of hydrogen-bond donors (Lipinski definition) is 1. The molecule has 0 unspecified atom stereocenters. The number of nitrogens with zero attached hydrogens (tertiary/aromatic N) is 4. The molecule has 0 aromatic carbocycles. The van der Waals surface area contributed by atoms with Gasteiger partial charge >= 0.3 is 6.09 Å². The largest absolute Gasteiger partial charge is 0.465 e. The van der Waals surface area contributed by atoms with Crippen molar-refractivity contribution < 1.29 is 19.5 Å². The zero-order chi connectivity index (χ0) is 15.4. The summed E-state index contributed by atoms with van der Waals surface area (Å²) in [5, 5.41) is 9.97. The Labute approximate surface area is 121 Å². The first-order valence-corrected chi connectivity index (χ1v) is 6.34. The Morgan fingerprint density at radius 3 is 2.52 bits per heavy atom. The van der Waals surface area contributed by atoms with Crippen molar-refractivity contribution in [3.8, 4) is 0 Å². The number of rotatable bonds is 3. The van der Waals surface area contributed by atoms with Gasteiger partial charge in [-0.2, -0.15) is 0 Å². The molecule has 0 aliphatic carbocycles. The van der Waals surface area contributed by atoms with E-state index < -0.39 is 6.09 Å². The van der Waals surface area contributed by atoms with Gasteiger partial charge in [0.15, 0.2) is 5.82 Å². The number of aromatic nitrogens is 2. The van der Waals surface area contributed by atoms with Gasteiger partial charge in [-0.3, -0.25) is 9.63 Å². The molecular formula is C13H16N4O4. The minimum Gasteiger partial charge on any atom is -0.465 e. The lowest BCUT2D eigenvalue weighted by Gasteiger charge is -2.23. The molecule has 0 radical (unpaired) electrons. The average Bonchev–Trinajstić information content (AvgIpc) is 2.53. The van der Waals surface area contributed by atoms with Gasteiger partial charge in [0, 0.05) is 32.5 Å². The normalized spacial score (nSPS) is 14.6. The van der Waals surface area contributed by atoms with Crippen molar-refractivity contribution in [1.29, 1.82) is 0 Å². The SMILES string of the molecule is CON(C)C(=O)c1cnc(C2=CCN(C(=O)O)CC2)nc1. The highest BCUT2D eigenvalue weighted by atomic mass is 16.7. The number of carbonyl (C=O) groups excluding carboxylic acids is 1. The van der Waals surface area contributed by atoms with E-state index in [0.717, 1.165) is 10.6 Å². The van der Waals surface area contributed by atoms with E-state index in [4.69, 9.17) is 9.94 Å². The number of carboxylic acid groups (broad SMARTS) is 1. The number of hydrogen-bond acceptors (Lipinski definition) is 5. The van der Waals surface area contributed by atoms with Gasteiger partial charge < -0.3 is 10.0 Å². The van der Waals surface area contributed by atoms with Crippen LogP contribution in [0.3, 0.4) is 0 Å². The molecule has 0 bridgehead atoms. The van der Waals surface area contributed by atoms with Crippen LogP contribution >= 0.6 is 0 Å². The molecular weight excluding hydrogens is 276 g/mol. The number of amides is 2. The van der Waals surface area contributed by atoms with Crippen molar-refractivity contribution in [2.75, 3.05) is 27.2 Å². The summed E-state index contributed by atoms with van der Waals surface area (Å²) < 4.78 is 0. The molecule has 1 N–H and O–H groups in total. The third-order valence-corrected chi connectivity index (χ3v) is 3.23. The van der Waals surface area contributed by atoms with Crippen LogP contribution in [0.1, 0.15) is 22.6 Å². The molecule has 8 heteroatoms. The van der Waals surface area contributed by atoms with Crippen LogP contribution in [0.5, 0.6) is 0 Å². The Bertz CT molecular complexity index is 570. The van der Waals surface area contributed by atoms with Gasteiger partial charge in [0.05, 0.1) is 12.7 Å². The Morgan fingerprint density at radius 1 is 1.38 bits per heavy atom. The zero-order valence-corrected chi connectivity index (χ0v) is 11.8. The summed E-state index contributed by atoms with van der Waals surface area (Å²) in [4.78, 5) is 37.1. The molecule has 21 heavy (non-hydrogen) atoms. The molecule has 2 rings (SSSR count). The Hall–Kier alpha value is -2.48. The second kappa shape index (κ2) is 6.31. The highest BCUT2D eigenvalue weighted by Crippen LogP contribution is 2.19. The van der Waals surface area contributed by atoms with Gasteiger partial charge in [-0.25, -0.2) is 19.8 Å². The van der Waals surface area contributed by atoms with Crippen molar-refractivity contribution in [2.45, 2.75) is 6.42 Å². The Kier molecular flexibility index (Phi) is 4.49. The van der Waals surface area contributed by atoms with Gasteiger partial charge in [0.1, 0.15) is 0 Å². The van der Waals surface area contributed by atoms with Crippen LogP contribution in [0.2, 0.25) is 0 Å².